The van der Waals surface area contributed by atoms with Crippen LogP contribution in [0.25, 0.3) is 0 Å². The van der Waals surface area contributed by atoms with Crippen molar-refractivity contribution < 1.29 is 14.7 Å². The van der Waals surface area contributed by atoms with Crippen LogP contribution in [-0.2, 0) is 21.5 Å². The van der Waals surface area contributed by atoms with Crippen LogP contribution in [0, 0.1) is 5.92 Å². The van der Waals surface area contributed by atoms with Crippen molar-refractivity contribution in [2.45, 2.75) is 32.7 Å². The third-order valence-corrected chi connectivity index (χ3v) is 4.06. The molecule has 0 aliphatic carbocycles. The highest BCUT2D eigenvalue weighted by atomic mass is 35.5. The Morgan fingerprint density at radius 2 is 2.12 bits per heavy atom. The van der Waals surface area contributed by atoms with E-state index in [-0.39, 0.29) is 11.8 Å². The SMILES string of the molecule is CC(Cc1cccc(Cl)c1)C(=O)Nc1cnn(C(C)(C)C(=O)O)c1. The van der Waals surface area contributed by atoms with E-state index in [2.05, 4.69) is 10.4 Å². The van der Waals surface area contributed by atoms with Crippen LogP contribution in [0.4, 0.5) is 5.69 Å². The molecule has 6 nitrogen and oxygen atoms in total. The molecule has 0 bridgehead atoms. The second-order valence-corrected chi connectivity index (χ2v) is 6.70. The number of rotatable bonds is 6. The molecule has 0 saturated carbocycles. The number of halogens is 1. The molecule has 0 spiro atoms. The van der Waals surface area contributed by atoms with Gasteiger partial charge in [-0.2, -0.15) is 5.10 Å². The number of carboxylic acids is 1. The number of amides is 1. The Kier molecular flexibility index (Phi) is 5.29. The minimum Gasteiger partial charge on any atom is -0.479 e. The molecule has 1 heterocycles. The van der Waals surface area contributed by atoms with E-state index in [1.165, 1.54) is 30.9 Å². The highest BCUT2D eigenvalue weighted by Crippen LogP contribution is 2.19. The highest BCUT2D eigenvalue weighted by molar-refractivity contribution is 6.30. The first kappa shape index (κ1) is 18.0. The van der Waals surface area contributed by atoms with Crippen molar-refractivity contribution in [3.05, 3.63) is 47.2 Å². The van der Waals surface area contributed by atoms with E-state index in [0.29, 0.717) is 17.1 Å². The largest absolute Gasteiger partial charge is 0.479 e. The van der Waals surface area contributed by atoms with E-state index in [0.717, 1.165) is 5.56 Å². The standard InChI is InChI=1S/C17H20ClN3O3/c1-11(7-12-5-4-6-13(18)8-12)15(22)20-14-9-19-21(10-14)17(2,3)16(23)24/h4-6,8-11H,7H2,1-3H3,(H,20,22)(H,23,24). The van der Waals surface area contributed by atoms with Gasteiger partial charge in [0.25, 0.3) is 0 Å². The molecule has 2 N–H and O–H groups in total. The summed E-state index contributed by atoms with van der Waals surface area (Å²) in [5.41, 5.74) is 0.259. The van der Waals surface area contributed by atoms with Gasteiger partial charge in [-0.15, -0.1) is 0 Å². The zero-order chi connectivity index (χ0) is 17.9. The van der Waals surface area contributed by atoms with Crippen molar-refractivity contribution in [2.75, 3.05) is 5.32 Å². The van der Waals surface area contributed by atoms with Crippen LogP contribution in [-0.4, -0.2) is 26.8 Å². The molecule has 0 aliphatic rings. The molecule has 0 fully saturated rings. The molecule has 1 aromatic carbocycles. The molecule has 0 aliphatic heterocycles. The summed E-state index contributed by atoms with van der Waals surface area (Å²) in [7, 11) is 0. The van der Waals surface area contributed by atoms with Gasteiger partial charge in [0.15, 0.2) is 5.54 Å². The summed E-state index contributed by atoms with van der Waals surface area (Å²) in [6.45, 7) is 4.90. The van der Waals surface area contributed by atoms with E-state index in [4.69, 9.17) is 11.6 Å². The number of carbonyl (C=O) groups excluding carboxylic acids is 1. The second-order valence-electron chi connectivity index (χ2n) is 6.26. The Morgan fingerprint density at radius 3 is 2.75 bits per heavy atom. The van der Waals surface area contributed by atoms with Crippen LogP contribution in [0.15, 0.2) is 36.7 Å². The molecule has 1 aromatic heterocycles. The zero-order valence-electron chi connectivity index (χ0n) is 13.8. The fourth-order valence-corrected chi connectivity index (χ4v) is 2.38. The maximum absolute atomic E-state index is 12.3. The Hall–Kier alpha value is -2.34. The number of anilines is 1. The van der Waals surface area contributed by atoms with Gasteiger partial charge in [0, 0.05) is 17.1 Å². The quantitative estimate of drug-likeness (QED) is 0.838. The van der Waals surface area contributed by atoms with Gasteiger partial charge in [0.2, 0.25) is 5.91 Å². The summed E-state index contributed by atoms with van der Waals surface area (Å²) in [4.78, 5) is 23.5. The lowest BCUT2D eigenvalue weighted by Gasteiger charge is -2.19. The first-order valence-electron chi connectivity index (χ1n) is 7.54. The molecule has 1 atom stereocenters. The Balaban J connectivity index is 2.02. The summed E-state index contributed by atoms with van der Waals surface area (Å²) in [5.74, 6) is -1.43. The van der Waals surface area contributed by atoms with Crippen LogP contribution in [0.3, 0.4) is 0 Å². The number of carboxylic acid groups (broad SMARTS) is 1. The Morgan fingerprint density at radius 1 is 1.42 bits per heavy atom. The van der Waals surface area contributed by atoms with Crippen molar-refractivity contribution in [1.82, 2.24) is 9.78 Å². The first-order chi connectivity index (χ1) is 11.2. The van der Waals surface area contributed by atoms with Gasteiger partial charge in [0.1, 0.15) is 0 Å². The smallest absolute Gasteiger partial charge is 0.331 e. The molecule has 0 radical (unpaired) electrons. The van der Waals surface area contributed by atoms with Crippen molar-refractivity contribution in [3.8, 4) is 0 Å². The van der Waals surface area contributed by atoms with Crippen LogP contribution < -0.4 is 5.32 Å². The van der Waals surface area contributed by atoms with E-state index in [1.54, 1.807) is 6.07 Å². The fraction of sp³-hybridized carbons (Fsp3) is 0.353. The van der Waals surface area contributed by atoms with Gasteiger partial charge in [-0.3, -0.25) is 9.48 Å². The lowest BCUT2D eigenvalue weighted by molar-refractivity contribution is -0.146. The summed E-state index contributed by atoms with van der Waals surface area (Å²) in [6, 6.07) is 7.39. The number of nitrogens with zero attached hydrogens (tertiary/aromatic N) is 2. The molecule has 7 heteroatoms. The van der Waals surface area contributed by atoms with Crippen molar-refractivity contribution in [3.63, 3.8) is 0 Å². The average Bonchev–Trinajstić information content (AvgIpc) is 2.96. The van der Waals surface area contributed by atoms with Crippen LogP contribution >= 0.6 is 11.6 Å². The first-order valence-corrected chi connectivity index (χ1v) is 7.92. The molecule has 2 aromatic rings. The predicted octanol–water partition coefficient (Wildman–Crippen LogP) is 3.17. The average molecular weight is 350 g/mol. The number of aliphatic carboxylic acids is 1. The number of nitrogens with one attached hydrogen (secondary N) is 1. The van der Waals surface area contributed by atoms with Gasteiger partial charge < -0.3 is 10.4 Å². The summed E-state index contributed by atoms with van der Waals surface area (Å²) in [5, 5.41) is 16.6. The Bertz CT molecular complexity index is 755. The van der Waals surface area contributed by atoms with Crippen molar-refractivity contribution in [2.24, 2.45) is 5.92 Å². The number of carbonyl (C=O) groups is 2. The summed E-state index contributed by atoms with van der Waals surface area (Å²) in [6.07, 6.45) is 3.51. The van der Waals surface area contributed by atoms with E-state index in [9.17, 15) is 14.7 Å². The number of benzene rings is 1. The van der Waals surface area contributed by atoms with Gasteiger partial charge in [-0.25, -0.2) is 4.79 Å². The van der Waals surface area contributed by atoms with Crippen LogP contribution in [0.2, 0.25) is 5.02 Å². The number of hydrogen-bond acceptors (Lipinski definition) is 3. The number of aromatic nitrogens is 2. The van der Waals surface area contributed by atoms with Gasteiger partial charge >= 0.3 is 5.97 Å². The maximum Gasteiger partial charge on any atom is 0.331 e. The molecular weight excluding hydrogens is 330 g/mol. The molecule has 24 heavy (non-hydrogen) atoms. The van der Waals surface area contributed by atoms with E-state index >= 15 is 0 Å². The minimum atomic E-state index is -1.19. The zero-order valence-corrected chi connectivity index (χ0v) is 14.5. The molecule has 128 valence electrons. The minimum absolute atomic E-state index is 0.164. The Labute approximate surface area is 145 Å². The van der Waals surface area contributed by atoms with Crippen molar-refractivity contribution in [1.29, 1.82) is 0 Å². The highest BCUT2D eigenvalue weighted by Gasteiger charge is 2.30. The molecular formula is C17H20ClN3O3. The third-order valence-electron chi connectivity index (χ3n) is 3.82. The summed E-state index contributed by atoms with van der Waals surface area (Å²) >= 11 is 5.95. The van der Waals surface area contributed by atoms with Crippen molar-refractivity contribution >= 4 is 29.2 Å². The van der Waals surface area contributed by atoms with Gasteiger partial charge in [-0.1, -0.05) is 30.7 Å². The fourth-order valence-electron chi connectivity index (χ4n) is 2.17. The molecule has 2 rings (SSSR count). The molecule has 1 amide bonds. The molecule has 1 unspecified atom stereocenters. The third kappa shape index (κ3) is 4.14. The van der Waals surface area contributed by atoms with Gasteiger partial charge in [0.05, 0.1) is 11.9 Å². The topological polar surface area (TPSA) is 84.2 Å². The lowest BCUT2D eigenvalue weighted by Crippen LogP contribution is -2.35. The van der Waals surface area contributed by atoms with Crippen LogP contribution in [0.5, 0.6) is 0 Å². The number of hydrogen-bond donors (Lipinski definition) is 2. The maximum atomic E-state index is 12.3. The van der Waals surface area contributed by atoms with E-state index < -0.39 is 11.5 Å². The lowest BCUT2D eigenvalue weighted by atomic mass is 10.0. The molecule has 0 saturated heterocycles. The second kappa shape index (κ2) is 7.05. The van der Waals surface area contributed by atoms with Gasteiger partial charge in [-0.05, 0) is 38.0 Å². The monoisotopic (exact) mass is 349 g/mol. The predicted molar refractivity (Wildman–Crippen MR) is 92.1 cm³/mol. The van der Waals surface area contributed by atoms with E-state index in [1.807, 2.05) is 25.1 Å². The normalized spacial score (nSPS) is 12.7. The van der Waals surface area contributed by atoms with Crippen LogP contribution in [0.1, 0.15) is 26.3 Å². The summed E-state index contributed by atoms with van der Waals surface area (Å²) < 4.78 is 1.31.